The second-order valence-corrected chi connectivity index (χ2v) is 4.52. The minimum atomic E-state index is -4.54. The van der Waals surface area contributed by atoms with E-state index in [0.717, 1.165) is 10.7 Å². The number of aryl methyl sites for hydroxylation is 1. The SMILES string of the molecule is CCc1nn(-c2ncc(C(F)(F)F)cc2Cl)c(N)c1C#N. The maximum atomic E-state index is 12.6. The number of nitrogens with zero attached hydrogens (tertiary/aromatic N) is 4. The van der Waals surface area contributed by atoms with Crippen molar-refractivity contribution in [3.8, 4) is 11.9 Å². The molecule has 0 bridgehead atoms. The number of nitrogen functional groups attached to an aromatic ring is 1. The number of aromatic nitrogens is 3. The van der Waals surface area contributed by atoms with Crippen molar-refractivity contribution in [1.29, 1.82) is 5.26 Å². The van der Waals surface area contributed by atoms with Crippen LogP contribution in [-0.2, 0) is 12.6 Å². The van der Waals surface area contributed by atoms with Crippen molar-refractivity contribution in [3.05, 3.63) is 34.1 Å². The first-order valence-electron chi connectivity index (χ1n) is 5.80. The van der Waals surface area contributed by atoms with Crippen molar-refractivity contribution in [2.75, 3.05) is 5.73 Å². The third kappa shape index (κ3) is 2.64. The molecular formula is C12H9ClF3N5. The minimum Gasteiger partial charge on any atom is -0.382 e. The summed E-state index contributed by atoms with van der Waals surface area (Å²) >= 11 is 5.83. The lowest BCUT2D eigenvalue weighted by Crippen LogP contribution is -2.09. The van der Waals surface area contributed by atoms with Gasteiger partial charge in [-0.1, -0.05) is 18.5 Å². The quantitative estimate of drug-likeness (QED) is 0.924. The van der Waals surface area contributed by atoms with Gasteiger partial charge >= 0.3 is 6.18 Å². The van der Waals surface area contributed by atoms with E-state index in [0.29, 0.717) is 18.3 Å². The zero-order valence-electron chi connectivity index (χ0n) is 10.7. The van der Waals surface area contributed by atoms with E-state index in [1.165, 1.54) is 0 Å². The summed E-state index contributed by atoms with van der Waals surface area (Å²) in [4.78, 5) is 3.66. The summed E-state index contributed by atoms with van der Waals surface area (Å²) in [5.74, 6) is -0.0677. The maximum absolute atomic E-state index is 12.6. The van der Waals surface area contributed by atoms with E-state index < -0.39 is 11.7 Å². The number of pyridine rings is 1. The van der Waals surface area contributed by atoms with Crippen LogP contribution in [0.2, 0.25) is 5.02 Å². The van der Waals surface area contributed by atoms with E-state index >= 15 is 0 Å². The molecular weight excluding hydrogens is 307 g/mol. The number of nitriles is 1. The van der Waals surface area contributed by atoms with Crippen LogP contribution in [0.3, 0.4) is 0 Å². The summed E-state index contributed by atoms with van der Waals surface area (Å²) in [6.45, 7) is 1.77. The van der Waals surface area contributed by atoms with Gasteiger partial charge in [-0.2, -0.15) is 28.2 Å². The number of hydrogen-bond donors (Lipinski definition) is 1. The fourth-order valence-corrected chi connectivity index (χ4v) is 2.00. The average molecular weight is 316 g/mol. The van der Waals surface area contributed by atoms with Gasteiger partial charge in [-0.15, -0.1) is 0 Å². The largest absolute Gasteiger partial charge is 0.417 e. The van der Waals surface area contributed by atoms with Gasteiger partial charge < -0.3 is 5.73 Å². The molecule has 0 aromatic carbocycles. The zero-order chi connectivity index (χ0) is 15.8. The van der Waals surface area contributed by atoms with Crippen molar-refractivity contribution >= 4 is 17.4 Å². The molecule has 2 N–H and O–H groups in total. The second kappa shape index (κ2) is 5.26. The molecule has 2 heterocycles. The molecule has 2 rings (SSSR count). The normalized spacial score (nSPS) is 11.4. The molecule has 0 fully saturated rings. The number of nitrogens with two attached hydrogens (primary N) is 1. The maximum Gasteiger partial charge on any atom is 0.417 e. The molecule has 0 saturated carbocycles. The van der Waals surface area contributed by atoms with E-state index in [9.17, 15) is 13.2 Å². The van der Waals surface area contributed by atoms with Crippen LogP contribution in [0.15, 0.2) is 12.3 Å². The summed E-state index contributed by atoms with van der Waals surface area (Å²) in [6, 6.07) is 2.64. The van der Waals surface area contributed by atoms with Crippen LogP contribution in [0.1, 0.15) is 23.7 Å². The van der Waals surface area contributed by atoms with Crippen LogP contribution in [-0.4, -0.2) is 14.8 Å². The Morgan fingerprint density at radius 2 is 2.14 bits per heavy atom. The van der Waals surface area contributed by atoms with Crippen LogP contribution in [0.5, 0.6) is 0 Å². The van der Waals surface area contributed by atoms with Gasteiger partial charge in [0.25, 0.3) is 0 Å². The Morgan fingerprint density at radius 1 is 1.48 bits per heavy atom. The van der Waals surface area contributed by atoms with Crippen molar-refractivity contribution in [2.45, 2.75) is 19.5 Å². The summed E-state index contributed by atoms with van der Waals surface area (Å²) in [5.41, 5.74) is 5.38. The predicted molar refractivity (Wildman–Crippen MR) is 69.9 cm³/mol. The Balaban J connectivity index is 2.59. The summed E-state index contributed by atoms with van der Waals surface area (Å²) in [6.07, 6.45) is -3.46. The highest BCUT2D eigenvalue weighted by molar-refractivity contribution is 6.32. The van der Waals surface area contributed by atoms with E-state index in [-0.39, 0.29) is 22.2 Å². The topological polar surface area (TPSA) is 80.5 Å². The molecule has 0 aliphatic heterocycles. The molecule has 0 aliphatic rings. The van der Waals surface area contributed by atoms with Crippen LogP contribution in [0, 0.1) is 11.3 Å². The fraction of sp³-hybridized carbons (Fsp3) is 0.250. The van der Waals surface area contributed by atoms with Crippen LogP contribution >= 0.6 is 11.6 Å². The Kier molecular flexibility index (Phi) is 3.78. The van der Waals surface area contributed by atoms with Gasteiger partial charge in [-0.25, -0.2) is 4.98 Å². The Labute approximate surface area is 122 Å². The minimum absolute atomic E-state index is 0.0106. The molecule has 2 aromatic rings. The highest BCUT2D eigenvalue weighted by Gasteiger charge is 2.32. The molecule has 110 valence electrons. The number of rotatable bonds is 2. The molecule has 0 radical (unpaired) electrons. The van der Waals surface area contributed by atoms with Gasteiger partial charge in [0.2, 0.25) is 0 Å². The van der Waals surface area contributed by atoms with Gasteiger partial charge in [0.1, 0.15) is 17.5 Å². The number of anilines is 1. The lowest BCUT2D eigenvalue weighted by atomic mass is 10.2. The molecule has 21 heavy (non-hydrogen) atoms. The average Bonchev–Trinajstić information content (AvgIpc) is 2.73. The van der Waals surface area contributed by atoms with Crippen LogP contribution in [0.25, 0.3) is 5.82 Å². The summed E-state index contributed by atoms with van der Waals surface area (Å²) in [5, 5.41) is 12.8. The zero-order valence-corrected chi connectivity index (χ0v) is 11.5. The van der Waals surface area contributed by atoms with Gasteiger partial charge in [0.15, 0.2) is 5.82 Å². The lowest BCUT2D eigenvalue weighted by molar-refractivity contribution is -0.137. The molecule has 5 nitrogen and oxygen atoms in total. The molecule has 0 saturated heterocycles. The molecule has 9 heteroatoms. The lowest BCUT2D eigenvalue weighted by Gasteiger charge is -2.09. The predicted octanol–water partition coefficient (Wildman–Crippen LogP) is 2.96. The fourth-order valence-electron chi connectivity index (χ4n) is 1.75. The molecule has 0 atom stereocenters. The first-order valence-corrected chi connectivity index (χ1v) is 6.18. The Morgan fingerprint density at radius 3 is 2.57 bits per heavy atom. The smallest absolute Gasteiger partial charge is 0.382 e. The van der Waals surface area contributed by atoms with Gasteiger partial charge in [-0.3, -0.25) is 0 Å². The Bertz CT molecular complexity index is 730. The molecule has 2 aromatic heterocycles. The summed E-state index contributed by atoms with van der Waals surface area (Å²) < 4.78 is 38.8. The first kappa shape index (κ1) is 15.1. The van der Waals surface area contributed by atoms with Crippen molar-refractivity contribution in [1.82, 2.24) is 14.8 Å². The van der Waals surface area contributed by atoms with Gasteiger partial charge in [0.05, 0.1) is 16.3 Å². The van der Waals surface area contributed by atoms with Crippen molar-refractivity contribution < 1.29 is 13.2 Å². The molecule has 0 spiro atoms. The van der Waals surface area contributed by atoms with E-state index in [1.807, 2.05) is 6.07 Å². The third-order valence-corrected chi connectivity index (χ3v) is 3.07. The van der Waals surface area contributed by atoms with Crippen LogP contribution in [0.4, 0.5) is 19.0 Å². The highest BCUT2D eigenvalue weighted by atomic mass is 35.5. The number of alkyl halides is 3. The van der Waals surface area contributed by atoms with Crippen LogP contribution < -0.4 is 5.73 Å². The van der Waals surface area contributed by atoms with Crippen molar-refractivity contribution in [2.24, 2.45) is 0 Å². The molecule has 0 unspecified atom stereocenters. The van der Waals surface area contributed by atoms with E-state index in [4.69, 9.17) is 22.6 Å². The highest BCUT2D eigenvalue weighted by Crippen LogP contribution is 2.32. The number of hydrogen-bond acceptors (Lipinski definition) is 4. The number of halogens is 4. The van der Waals surface area contributed by atoms with E-state index in [2.05, 4.69) is 10.1 Å². The molecule has 0 amide bonds. The summed E-state index contributed by atoms with van der Waals surface area (Å²) in [7, 11) is 0. The van der Waals surface area contributed by atoms with Gasteiger partial charge in [-0.05, 0) is 12.5 Å². The van der Waals surface area contributed by atoms with Crippen molar-refractivity contribution in [3.63, 3.8) is 0 Å². The standard InChI is InChI=1S/C12H9ClF3N5/c1-2-9-7(4-17)10(18)21(20-9)11-8(13)3-6(5-19-11)12(14,15)16/h3,5H,2,18H2,1H3. The Hall–Kier alpha value is -2.27. The third-order valence-electron chi connectivity index (χ3n) is 2.79. The van der Waals surface area contributed by atoms with E-state index in [1.54, 1.807) is 6.92 Å². The molecule has 0 aliphatic carbocycles. The second-order valence-electron chi connectivity index (χ2n) is 4.11. The monoisotopic (exact) mass is 315 g/mol. The first-order chi connectivity index (χ1) is 9.79. The van der Waals surface area contributed by atoms with Gasteiger partial charge in [0, 0.05) is 6.20 Å².